The second-order valence-corrected chi connectivity index (χ2v) is 7.50. The van der Waals surface area contributed by atoms with E-state index in [1.807, 2.05) is 30.3 Å². The number of phenols is 1. The highest BCUT2D eigenvalue weighted by molar-refractivity contribution is 9.10. The molecule has 0 aliphatic carbocycles. The van der Waals surface area contributed by atoms with Crippen molar-refractivity contribution in [2.24, 2.45) is 4.99 Å². The number of phenolic OH excluding ortho intramolecular Hbond substituents is 1. The van der Waals surface area contributed by atoms with Gasteiger partial charge in [-0.1, -0.05) is 35.0 Å². The van der Waals surface area contributed by atoms with Crippen LogP contribution in [0.25, 0.3) is 0 Å². The molecule has 3 rings (SSSR count). The van der Waals surface area contributed by atoms with Gasteiger partial charge in [0.15, 0.2) is 5.09 Å². The first-order valence-electron chi connectivity index (χ1n) is 6.76. The van der Waals surface area contributed by atoms with Gasteiger partial charge in [0.05, 0.1) is 10.7 Å². The van der Waals surface area contributed by atoms with Gasteiger partial charge in [0.1, 0.15) is 17.2 Å². The number of furan rings is 1. The van der Waals surface area contributed by atoms with Crippen molar-refractivity contribution in [1.29, 1.82) is 0 Å². The average Bonchev–Trinajstić information content (AvgIpc) is 2.89. The lowest BCUT2D eigenvalue weighted by Gasteiger charge is -1.99. The lowest BCUT2D eigenvalue weighted by molar-refractivity contribution is 0.466. The number of benzene rings is 2. The summed E-state index contributed by atoms with van der Waals surface area (Å²) in [6, 6.07) is 14.0. The predicted octanol–water partition coefficient (Wildman–Crippen LogP) is 6.96. The third-order valence-electron chi connectivity index (χ3n) is 2.97. The van der Waals surface area contributed by atoms with Crippen LogP contribution in [-0.2, 0) is 0 Å². The van der Waals surface area contributed by atoms with Crippen molar-refractivity contribution in [3.8, 4) is 5.75 Å². The molecule has 1 N–H and O–H groups in total. The molecule has 0 aliphatic heterocycles. The summed E-state index contributed by atoms with van der Waals surface area (Å²) in [7, 11) is 0. The van der Waals surface area contributed by atoms with E-state index in [0.29, 0.717) is 26.6 Å². The molecule has 1 aromatic heterocycles. The van der Waals surface area contributed by atoms with E-state index in [9.17, 15) is 5.11 Å². The number of hydrogen-bond acceptors (Lipinski definition) is 4. The molecule has 7 heteroatoms. The van der Waals surface area contributed by atoms with E-state index in [0.717, 1.165) is 9.37 Å². The SMILES string of the molecule is Oc1cc(Cl)ccc1N=Cc1cc(Br)c(Sc2ccc(Cl)cc2)o1. The van der Waals surface area contributed by atoms with Gasteiger partial charge in [-0.25, -0.2) is 4.99 Å². The van der Waals surface area contributed by atoms with Gasteiger partial charge in [0, 0.05) is 27.1 Å². The second-order valence-electron chi connectivity index (χ2n) is 4.73. The summed E-state index contributed by atoms with van der Waals surface area (Å²) < 4.78 is 6.58. The quantitative estimate of drug-likeness (QED) is 0.444. The largest absolute Gasteiger partial charge is 0.506 e. The Kier molecular flexibility index (Phi) is 5.56. The van der Waals surface area contributed by atoms with Crippen LogP contribution in [0.5, 0.6) is 5.75 Å². The lowest BCUT2D eigenvalue weighted by atomic mass is 10.3. The fourth-order valence-corrected chi connectivity index (χ4v) is 3.47. The highest BCUT2D eigenvalue weighted by atomic mass is 79.9. The Bertz CT molecular complexity index is 894. The van der Waals surface area contributed by atoms with Crippen molar-refractivity contribution in [3.63, 3.8) is 0 Å². The summed E-state index contributed by atoms with van der Waals surface area (Å²) in [5.41, 5.74) is 0.416. The van der Waals surface area contributed by atoms with Gasteiger partial charge in [-0.05, 0) is 52.3 Å². The maximum atomic E-state index is 9.79. The first kappa shape index (κ1) is 17.4. The number of hydrogen-bond donors (Lipinski definition) is 1. The highest BCUT2D eigenvalue weighted by Gasteiger charge is 2.10. The van der Waals surface area contributed by atoms with Crippen LogP contribution in [0, 0.1) is 0 Å². The smallest absolute Gasteiger partial charge is 0.179 e. The molecule has 0 spiro atoms. The van der Waals surface area contributed by atoms with Crippen LogP contribution in [0.3, 0.4) is 0 Å². The molecular formula is C17H10BrCl2NO2S. The topological polar surface area (TPSA) is 45.7 Å². The molecule has 0 saturated carbocycles. The van der Waals surface area contributed by atoms with Gasteiger partial charge < -0.3 is 9.52 Å². The summed E-state index contributed by atoms with van der Waals surface area (Å²) >= 11 is 16.6. The van der Waals surface area contributed by atoms with Crippen LogP contribution in [0.1, 0.15) is 5.76 Å². The van der Waals surface area contributed by atoms with Crippen molar-refractivity contribution in [3.05, 3.63) is 68.8 Å². The molecule has 3 aromatic rings. The molecule has 0 bridgehead atoms. The minimum Gasteiger partial charge on any atom is -0.506 e. The molecule has 122 valence electrons. The molecule has 1 heterocycles. The summed E-state index contributed by atoms with van der Waals surface area (Å²) in [5.74, 6) is 0.577. The fraction of sp³-hybridized carbons (Fsp3) is 0. The zero-order valence-electron chi connectivity index (χ0n) is 12.0. The Balaban J connectivity index is 1.78. The fourth-order valence-electron chi connectivity index (χ4n) is 1.85. The Hall–Kier alpha value is -1.40. The average molecular weight is 443 g/mol. The van der Waals surface area contributed by atoms with Gasteiger partial charge in [0.2, 0.25) is 0 Å². The zero-order valence-corrected chi connectivity index (χ0v) is 16.0. The van der Waals surface area contributed by atoms with Gasteiger partial charge >= 0.3 is 0 Å². The van der Waals surface area contributed by atoms with E-state index in [-0.39, 0.29) is 5.75 Å². The van der Waals surface area contributed by atoms with Crippen LogP contribution >= 0.6 is 50.9 Å². The summed E-state index contributed by atoms with van der Waals surface area (Å²) in [6.07, 6.45) is 1.54. The molecule has 24 heavy (non-hydrogen) atoms. The Morgan fingerprint density at radius 3 is 2.46 bits per heavy atom. The van der Waals surface area contributed by atoms with Gasteiger partial charge in [-0.2, -0.15) is 0 Å². The van der Waals surface area contributed by atoms with E-state index in [1.165, 1.54) is 17.8 Å². The van der Waals surface area contributed by atoms with Gasteiger partial charge in [0.25, 0.3) is 0 Å². The number of halogens is 3. The number of aliphatic imine (C=N–C) groups is 1. The molecule has 0 radical (unpaired) electrons. The molecule has 0 fully saturated rings. The Morgan fingerprint density at radius 2 is 1.75 bits per heavy atom. The minimum absolute atomic E-state index is 0.0140. The maximum absolute atomic E-state index is 9.79. The summed E-state index contributed by atoms with van der Waals surface area (Å²) in [6.45, 7) is 0. The van der Waals surface area contributed by atoms with Crippen LogP contribution in [0.2, 0.25) is 10.0 Å². The maximum Gasteiger partial charge on any atom is 0.179 e. The molecule has 0 unspecified atom stereocenters. The molecule has 3 nitrogen and oxygen atoms in total. The van der Waals surface area contributed by atoms with Crippen LogP contribution < -0.4 is 0 Å². The molecule has 0 atom stereocenters. The lowest BCUT2D eigenvalue weighted by Crippen LogP contribution is -1.75. The van der Waals surface area contributed by atoms with E-state index in [2.05, 4.69) is 20.9 Å². The van der Waals surface area contributed by atoms with Crippen LogP contribution in [0.4, 0.5) is 5.69 Å². The summed E-state index contributed by atoms with van der Waals surface area (Å²) in [5, 5.41) is 11.6. The van der Waals surface area contributed by atoms with Crippen LogP contribution in [-0.4, -0.2) is 11.3 Å². The first-order chi connectivity index (χ1) is 11.5. The van der Waals surface area contributed by atoms with E-state index in [4.69, 9.17) is 27.6 Å². The molecule has 0 aliphatic rings. The minimum atomic E-state index is 0.0140. The second kappa shape index (κ2) is 7.66. The van der Waals surface area contributed by atoms with Crippen molar-refractivity contribution < 1.29 is 9.52 Å². The summed E-state index contributed by atoms with van der Waals surface area (Å²) in [4.78, 5) is 5.22. The predicted molar refractivity (Wildman–Crippen MR) is 102 cm³/mol. The highest BCUT2D eigenvalue weighted by Crippen LogP contribution is 2.36. The molecule has 0 amide bonds. The zero-order chi connectivity index (χ0) is 17.1. The van der Waals surface area contributed by atoms with Crippen molar-refractivity contribution in [2.45, 2.75) is 9.99 Å². The van der Waals surface area contributed by atoms with Crippen LogP contribution in [0.15, 0.2) is 72.4 Å². The van der Waals surface area contributed by atoms with Crippen molar-refractivity contribution in [2.75, 3.05) is 0 Å². The Labute approximate surface area is 161 Å². The Morgan fingerprint density at radius 1 is 1.04 bits per heavy atom. The van der Waals surface area contributed by atoms with Gasteiger partial charge in [-0.3, -0.25) is 0 Å². The monoisotopic (exact) mass is 441 g/mol. The van der Waals surface area contributed by atoms with E-state index >= 15 is 0 Å². The molecule has 0 saturated heterocycles. The number of aromatic hydroxyl groups is 1. The third kappa shape index (κ3) is 4.36. The standard InChI is InChI=1S/C17H10BrCl2NO2S/c18-14-8-12(9-21-15-6-3-11(20)7-16(15)22)23-17(14)24-13-4-1-10(19)2-5-13/h1-9,22H. The van der Waals surface area contributed by atoms with E-state index in [1.54, 1.807) is 18.3 Å². The number of rotatable bonds is 4. The van der Waals surface area contributed by atoms with E-state index < -0.39 is 0 Å². The first-order valence-corrected chi connectivity index (χ1v) is 9.13. The normalized spacial score (nSPS) is 11.3. The molecular weight excluding hydrogens is 433 g/mol. The third-order valence-corrected chi connectivity index (χ3v) is 5.30. The molecule has 2 aromatic carbocycles. The van der Waals surface area contributed by atoms with Gasteiger partial charge in [-0.15, -0.1) is 0 Å². The number of nitrogens with zero attached hydrogens (tertiary/aromatic N) is 1. The van der Waals surface area contributed by atoms with Crippen molar-refractivity contribution in [1.82, 2.24) is 0 Å². The van der Waals surface area contributed by atoms with Crippen molar-refractivity contribution >= 4 is 62.8 Å².